The molecule has 2 rings (SSSR count). The predicted octanol–water partition coefficient (Wildman–Crippen LogP) is 3.97. The Labute approximate surface area is 116 Å². The molecule has 0 aliphatic carbocycles. The first-order valence-electron chi connectivity index (χ1n) is 5.86. The van der Waals surface area contributed by atoms with Gasteiger partial charge in [-0.1, -0.05) is 35.9 Å². The molecule has 4 heteroatoms. The Bertz CT molecular complexity index is 613. The van der Waals surface area contributed by atoms with Crippen molar-refractivity contribution in [1.29, 1.82) is 0 Å². The van der Waals surface area contributed by atoms with Gasteiger partial charge in [-0.15, -0.1) is 0 Å². The lowest BCUT2D eigenvalue weighted by atomic mass is 10.1. The van der Waals surface area contributed by atoms with Crippen LogP contribution in [0, 0.1) is 12.7 Å². The highest BCUT2D eigenvalue weighted by Gasteiger charge is 2.09. The van der Waals surface area contributed by atoms with E-state index in [2.05, 4.69) is 5.32 Å². The molecule has 0 bridgehead atoms. The average Bonchev–Trinajstić information content (AvgIpc) is 2.38. The smallest absolute Gasteiger partial charge is 0.228 e. The fourth-order valence-corrected chi connectivity index (χ4v) is 1.93. The molecular weight excluding hydrogens is 265 g/mol. The number of benzene rings is 2. The summed E-state index contributed by atoms with van der Waals surface area (Å²) in [6, 6.07) is 11.5. The van der Waals surface area contributed by atoms with Crippen molar-refractivity contribution in [2.75, 3.05) is 5.32 Å². The second-order valence-corrected chi connectivity index (χ2v) is 4.64. The highest BCUT2D eigenvalue weighted by Crippen LogP contribution is 2.23. The van der Waals surface area contributed by atoms with E-state index < -0.39 is 0 Å². The number of carbonyl (C=O) groups is 1. The number of amides is 1. The molecule has 2 aromatic carbocycles. The van der Waals surface area contributed by atoms with Crippen molar-refractivity contribution in [1.82, 2.24) is 0 Å². The van der Waals surface area contributed by atoms with Crippen molar-refractivity contribution in [2.45, 2.75) is 13.3 Å². The summed E-state index contributed by atoms with van der Waals surface area (Å²) in [6.45, 7) is 1.82. The molecule has 1 N–H and O–H groups in total. The first-order chi connectivity index (χ1) is 9.08. The molecule has 1 amide bonds. The van der Waals surface area contributed by atoms with Crippen molar-refractivity contribution in [2.24, 2.45) is 0 Å². The third kappa shape index (κ3) is 3.32. The summed E-state index contributed by atoms with van der Waals surface area (Å²) in [6.07, 6.45) is -0.00136. The minimum absolute atomic E-state index is 0.00136. The molecule has 0 saturated heterocycles. The van der Waals surface area contributed by atoms with Crippen molar-refractivity contribution in [3.8, 4) is 0 Å². The molecule has 0 aliphatic heterocycles. The van der Waals surface area contributed by atoms with Gasteiger partial charge in [-0.25, -0.2) is 4.39 Å². The number of carbonyl (C=O) groups excluding carboxylic acids is 1. The molecule has 0 radical (unpaired) electrons. The van der Waals surface area contributed by atoms with Crippen molar-refractivity contribution >= 4 is 23.2 Å². The van der Waals surface area contributed by atoms with Crippen LogP contribution in [0.4, 0.5) is 10.1 Å². The second-order valence-electron chi connectivity index (χ2n) is 4.23. The van der Waals surface area contributed by atoms with Gasteiger partial charge in [-0.3, -0.25) is 4.79 Å². The Morgan fingerprint density at radius 1 is 1.21 bits per heavy atom. The predicted molar refractivity (Wildman–Crippen MR) is 74.9 cm³/mol. The zero-order valence-electron chi connectivity index (χ0n) is 10.4. The van der Waals surface area contributed by atoms with Crippen LogP contribution in [0.1, 0.15) is 11.1 Å². The molecule has 2 nitrogen and oxygen atoms in total. The fourth-order valence-electron chi connectivity index (χ4n) is 1.75. The minimum Gasteiger partial charge on any atom is -0.326 e. The molecule has 0 aromatic heterocycles. The van der Waals surface area contributed by atoms with E-state index in [0.29, 0.717) is 16.3 Å². The van der Waals surface area contributed by atoms with Crippen LogP contribution in [0.3, 0.4) is 0 Å². The van der Waals surface area contributed by atoms with E-state index >= 15 is 0 Å². The molecule has 0 atom stereocenters. The average molecular weight is 278 g/mol. The molecule has 0 heterocycles. The fraction of sp³-hybridized carbons (Fsp3) is 0.133. The highest BCUT2D eigenvalue weighted by molar-refractivity contribution is 6.31. The van der Waals surface area contributed by atoms with E-state index in [9.17, 15) is 9.18 Å². The number of rotatable bonds is 3. The first kappa shape index (κ1) is 13.6. The lowest BCUT2D eigenvalue weighted by Gasteiger charge is -2.09. The Morgan fingerprint density at radius 3 is 2.68 bits per heavy atom. The molecule has 0 unspecified atom stereocenters. The molecule has 98 valence electrons. The van der Waals surface area contributed by atoms with Crippen LogP contribution in [-0.2, 0) is 11.2 Å². The third-order valence-corrected chi connectivity index (χ3v) is 3.26. The van der Waals surface area contributed by atoms with Gasteiger partial charge in [0.05, 0.1) is 6.42 Å². The second kappa shape index (κ2) is 5.85. The van der Waals surface area contributed by atoms with Crippen LogP contribution < -0.4 is 5.32 Å². The zero-order chi connectivity index (χ0) is 13.8. The normalized spacial score (nSPS) is 10.3. The van der Waals surface area contributed by atoms with Crippen molar-refractivity contribution < 1.29 is 9.18 Å². The van der Waals surface area contributed by atoms with E-state index in [-0.39, 0.29) is 18.1 Å². The molecule has 2 aromatic rings. The van der Waals surface area contributed by atoms with Gasteiger partial charge in [0, 0.05) is 10.7 Å². The van der Waals surface area contributed by atoms with E-state index in [0.717, 1.165) is 5.56 Å². The van der Waals surface area contributed by atoms with E-state index in [1.165, 1.54) is 6.07 Å². The zero-order valence-corrected chi connectivity index (χ0v) is 11.2. The largest absolute Gasteiger partial charge is 0.326 e. The number of anilines is 1. The van der Waals surface area contributed by atoms with Gasteiger partial charge in [-0.05, 0) is 36.2 Å². The van der Waals surface area contributed by atoms with Crippen LogP contribution >= 0.6 is 11.6 Å². The van der Waals surface area contributed by atoms with E-state index in [4.69, 9.17) is 11.6 Å². The van der Waals surface area contributed by atoms with Gasteiger partial charge < -0.3 is 5.32 Å². The lowest BCUT2D eigenvalue weighted by Crippen LogP contribution is -2.15. The Morgan fingerprint density at radius 2 is 1.95 bits per heavy atom. The molecule has 19 heavy (non-hydrogen) atoms. The van der Waals surface area contributed by atoms with Gasteiger partial charge in [-0.2, -0.15) is 0 Å². The standard InChI is InChI=1S/C15H13ClFNO/c1-10-12(16)6-4-8-14(10)18-15(19)9-11-5-2-3-7-13(11)17/h2-8H,9H2,1H3,(H,18,19). The summed E-state index contributed by atoms with van der Waals surface area (Å²) in [7, 11) is 0. The Kier molecular flexibility index (Phi) is 4.17. The maximum Gasteiger partial charge on any atom is 0.228 e. The van der Waals surface area contributed by atoms with Gasteiger partial charge in [0.1, 0.15) is 5.82 Å². The summed E-state index contributed by atoms with van der Waals surface area (Å²) >= 11 is 5.97. The maximum atomic E-state index is 13.4. The maximum absolute atomic E-state index is 13.4. The number of nitrogens with one attached hydrogen (secondary N) is 1. The molecule has 0 spiro atoms. The monoisotopic (exact) mass is 277 g/mol. The minimum atomic E-state index is -0.375. The molecular formula is C15H13ClFNO. The van der Waals surface area contributed by atoms with Crippen molar-refractivity contribution in [3.05, 3.63) is 64.4 Å². The van der Waals surface area contributed by atoms with Gasteiger partial charge >= 0.3 is 0 Å². The Balaban J connectivity index is 2.10. The molecule has 0 saturated carbocycles. The number of halogens is 2. The highest BCUT2D eigenvalue weighted by atomic mass is 35.5. The van der Waals surface area contributed by atoms with Crippen LogP contribution in [0.2, 0.25) is 5.02 Å². The quantitative estimate of drug-likeness (QED) is 0.904. The summed E-state index contributed by atoms with van der Waals surface area (Å²) in [5, 5.41) is 3.32. The van der Waals surface area contributed by atoms with Gasteiger partial charge in [0.15, 0.2) is 0 Å². The van der Waals surface area contributed by atoms with Crippen LogP contribution in [-0.4, -0.2) is 5.91 Å². The van der Waals surface area contributed by atoms with E-state index in [1.807, 2.05) is 6.92 Å². The van der Waals surface area contributed by atoms with Gasteiger partial charge in [0.2, 0.25) is 5.91 Å². The van der Waals surface area contributed by atoms with E-state index in [1.54, 1.807) is 36.4 Å². The number of hydrogen-bond donors (Lipinski definition) is 1. The summed E-state index contributed by atoms with van der Waals surface area (Å²) in [5.41, 5.74) is 1.82. The molecule has 0 fully saturated rings. The summed E-state index contributed by atoms with van der Waals surface area (Å²) < 4.78 is 13.4. The third-order valence-electron chi connectivity index (χ3n) is 2.85. The first-order valence-corrected chi connectivity index (χ1v) is 6.24. The number of hydrogen-bond acceptors (Lipinski definition) is 1. The summed E-state index contributed by atoms with van der Waals surface area (Å²) in [4.78, 5) is 11.9. The van der Waals surface area contributed by atoms with Crippen LogP contribution in [0.25, 0.3) is 0 Å². The van der Waals surface area contributed by atoms with Gasteiger partial charge in [0.25, 0.3) is 0 Å². The topological polar surface area (TPSA) is 29.1 Å². The molecule has 0 aliphatic rings. The lowest BCUT2D eigenvalue weighted by molar-refractivity contribution is -0.115. The Hall–Kier alpha value is -1.87. The van der Waals surface area contributed by atoms with Crippen molar-refractivity contribution in [3.63, 3.8) is 0 Å². The van der Waals surface area contributed by atoms with Crippen LogP contribution in [0.15, 0.2) is 42.5 Å². The summed E-state index contributed by atoms with van der Waals surface area (Å²) in [5.74, 6) is -0.643. The SMILES string of the molecule is Cc1c(Cl)cccc1NC(=O)Cc1ccccc1F. The van der Waals surface area contributed by atoms with Crippen LogP contribution in [0.5, 0.6) is 0 Å².